The number of halogens is 1. The largest absolute Gasteiger partial charge is 0.490 e. The summed E-state index contributed by atoms with van der Waals surface area (Å²) in [5.41, 5.74) is 3.25. The molecule has 0 unspecified atom stereocenters. The van der Waals surface area contributed by atoms with Gasteiger partial charge in [0.25, 0.3) is 5.91 Å². The molecule has 130 valence electrons. The number of nitrogens with zero attached hydrogens (tertiary/aromatic N) is 1. The summed E-state index contributed by atoms with van der Waals surface area (Å²) in [7, 11) is 0. The van der Waals surface area contributed by atoms with Gasteiger partial charge in [0, 0.05) is 11.8 Å². The van der Waals surface area contributed by atoms with E-state index in [-0.39, 0.29) is 12.5 Å². The number of aryl methyl sites for hydroxylation is 2. The van der Waals surface area contributed by atoms with Gasteiger partial charge < -0.3 is 14.8 Å². The van der Waals surface area contributed by atoms with E-state index >= 15 is 0 Å². The Hall–Kier alpha value is -2.52. The fourth-order valence-electron chi connectivity index (χ4n) is 2.23. The number of amides is 1. The van der Waals surface area contributed by atoms with Gasteiger partial charge in [-0.1, -0.05) is 12.1 Å². The highest BCUT2D eigenvalue weighted by atomic mass is 79.9. The van der Waals surface area contributed by atoms with Gasteiger partial charge in [-0.25, -0.2) is 0 Å². The quantitative estimate of drug-likeness (QED) is 0.778. The Morgan fingerprint density at radius 2 is 2.00 bits per heavy atom. The average Bonchev–Trinajstić information content (AvgIpc) is 2.57. The number of nitrogens with one attached hydrogen (secondary N) is 1. The summed E-state index contributed by atoms with van der Waals surface area (Å²) < 4.78 is 11.7. The highest BCUT2D eigenvalue weighted by molar-refractivity contribution is 9.10. The lowest BCUT2D eigenvalue weighted by Gasteiger charge is -2.14. The molecule has 0 saturated heterocycles. The van der Waals surface area contributed by atoms with Crippen molar-refractivity contribution in [3.8, 4) is 17.6 Å². The summed E-state index contributed by atoms with van der Waals surface area (Å²) in [6.45, 7) is 5.99. The van der Waals surface area contributed by atoms with Crippen molar-refractivity contribution in [2.45, 2.75) is 20.8 Å². The van der Waals surface area contributed by atoms with Gasteiger partial charge in [-0.2, -0.15) is 5.26 Å². The third-order valence-corrected chi connectivity index (χ3v) is 4.04. The maximum atomic E-state index is 12.2. The van der Waals surface area contributed by atoms with E-state index in [1.165, 1.54) is 0 Å². The van der Waals surface area contributed by atoms with Crippen LogP contribution in [0.4, 0.5) is 5.69 Å². The molecule has 0 aliphatic heterocycles. The maximum Gasteiger partial charge on any atom is 0.262 e. The van der Waals surface area contributed by atoms with E-state index < -0.39 is 0 Å². The lowest BCUT2D eigenvalue weighted by Crippen LogP contribution is -2.21. The summed E-state index contributed by atoms with van der Waals surface area (Å²) in [6.07, 6.45) is 0. The second-order valence-electron chi connectivity index (χ2n) is 5.49. The zero-order valence-corrected chi connectivity index (χ0v) is 15.9. The molecule has 0 aromatic heterocycles. The monoisotopic (exact) mass is 402 g/mol. The van der Waals surface area contributed by atoms with Crippen LogP contribution in [0.15, 0.2) is 34.8 Å². The van der Waals surface area contributed by atoms with Crippen molar-refractivity contribution in [3.05, 3.63) is 51.5 Å². The number of anilines is 1. The number of carbonyl (C=O) groups excluding carboxylic acids is 1. The van der Waals surface area contributed by atoms with Crippen LogP contribution >= 0.6 is 15.9 Å². The number of nitriles is 1. The summed E-state index contributed by atoms with van der Waals surface area (Å²) in [6, 6.07) is 11.1. The van der Waals surface area contributed by atoms with E-state index in [4.69, 9.17) is 14.7 Å². The molecular formula is C19H19BrN2O3. The van der Waals surface area contributed by atoms with E-state index in [0.29, 0.717) is 28.1 Å². The molecule has 0 aliphatic carbocycles. The summed E-state index contributed by atoms with van der Waals surface area (Å²) >= 11 is 3.36. The molecular weight excluding hydrogens is 384 g/mol. The first-order valence-corrected chi connectivity index (χ1v) is 8.60. The third-order valence-electron chi connectivity index (χ3n) is 3.45. The molecule has 0 atom stereocenters. The fraction of sp³-hybridized carbons (Fsp3) is 0.263. The number of benzene rings is 2. The Morgan fingerprint density at radius 1 is 1.24 bits per heavy atom. The summed E-state index contributed by atoms with van der Waals surface area (Å²) in [4.78, 5) is 12.2. The molecule has 0 bridgehead atoms. The molecule has 0 saturated carbocycles. The van der Waals surface area contributed by atoms with E-state index in [0.717, 1.165) is 16.8 Å². The van der Waals surface area contributed by atoms with Gasteiger partial charge in [0.2, 0.25) is 0 Å². The molecule has 2 aromatic rings. The number of hydrogen-bond acceptors (Lipinski definition) is 4. The van der Waals surface area contributed by atoms with Crippen LogP contribution < -0.4 is 14.8 Å². The highest BCUT2D eigenvalue weighted by Crippen LogP contribution is 2.36. The van der Waals surface area contributed by atoms with Crippen LogP contribution in [0, 0.1) is 25.2 Å². The van der Waals surface area contributed by atoms with E-state index in [1.807, 2.05) is 39.0 Å². The van der Waals surface area contributed by atoms with Crippen LogP contribution in [0.2, 0.25) is 0 Å². The van der Waals surface area contributed by atoms with Crippen molar-refractivity contribution < 1.29 is 14.3 Å². The van der Waals surface area contributed by atoms with Crippen LogP contribution in [-0.2, 0) is 4.79 Å². The van der Waals surface area contributed by atoms with Crippen LogP contribution in [0.5, 0.6) is 11.5 Å². The predicted octanol–water partition coefficient (Wildman–Crippen LogP) is 4.35. The normalized spacial score (nSPS) is 10.0. The second kappa shape index (κ2) is 8.54. The van der Waals surface area contributed by atoms with Gasteiger partial charge in [0.15, 0.2) is 18.1 Å². The molecule has 2 rings (SSSR count). The molecule has 6 heteroatoms. The highest BCUT2D eigenvalue weighted by Gasteiger charge is 2.14. The topological polar surface area (TPSA) is 71.3 Å². The lowest BCUT2D eigenvalue weighted by molar-refractivity contribution is -0.118. The van der Waals surface area contributed by atoms with Gasteiger partial charge in [-0.15, -0.1) is 0 Å². The van der Waals surface area contributed by atoms with Crippen molar-refractivity contribution in [2.75, 3.05) is 18.5 Å². The van der Waals surface area contributed by atoms with Gasteiger partial charge >= 0.3 is 0 Å². The Kier molecular flexibility index (Phi) is 6.43. The Balaban J connectivity index is 2.11. The minimum Gasteiger partial charge on any atom is -0.490 e. The van der Waals surface area contributed by atoms with Crippen molar-refractivity contribution in [2.24, 2.45) is 0 Å². The molecule has 1 N–H and O–H groups in total. The number of hydrogen-bond donors (Lipinski definition) is 1. The van der Waals surface area contributed by atoms with Gasteiger partial charge in [0.1, 0.15) is 0 Å². The standard InChI is InChI=1S/C19H19BrN2O3/c1-4-24-17-9-14(10-21)8-15(20)19(17)25-11-18(23)22-16-7-12(2)5-6-13(16)3/h5-9H,4,11H2,1-3H3,(H,22,23). The molecule has 0 spiro atoms. The minimum absolute atomic E-state index is 0.169. The summed E-state index contributed by atoms with van der Waals surface area (Å²) in [5, 5.41) is 11.9. The maximum absolute atomic E-state index is 12.2. The fourth-order valence-corrected chi connectivity index (χ4v) is 2.79. The first-order valence-electron chi connectivity index (χ1n) is 7.81. The zero-order valence-electron chi connectivity index (χ0n) is 14.4. The lowest BCUT2D eigenvalue weighted by atomic mass is 10.1. The number of carbonyl (C=O) groups is 1. The van der Waals surface area contributed by atoms with E-state index in [9.17, 15) is 4.79 Å². The van der Waals surface area contributed by atoms with Crippen molar-refractivity contribution in [1.29, 1.82) is 5.26 Å². The molecule has 0 aliphatic rings. The summed E-state index contributed by atoms with van der Waals surface area (Å²) in [5.74, 6) is 0.553. The molecule has 0 heterocycles. The molecule has 25 heavy (non-hydrogen) atoms. The van der Waals surface area contributed by atoms with Crippen LogP contribution in [-0.4, -0.2) is 19.1 Å². The molecule has 0 fully saturated rings. The van der Waals surface area contributed by atoms with Gasteiger partial charge in [0.05, 0.1) is 22.7 Å². The Bertz CT molecular complexity index is 828. The Labute approximate surface area is 155 Å². The van der Waals surface area contributed by atoms with E-state index in [2.05, 4.69) is 27.3 Å². The SMILES string of the molecule is CCOc1cc(C#N)cc(Br)c1OCC(=O)Nc1cc(C)ccc1C. The van der Waals surface area contributed by atoms with Gasteiger partial charge in [-0.3, -0.25) is 4.79 Å². The minimum atomic E-state index is -0.271. The number of rotatable bonds is 6. The van der Waals surface area contributed by atoms with Gasteiger partial charge in [-0.05, 0) is 60.0 Å². The smallest absolute Gasteiger partial charge is 0.262 e. The average molecular weight is 403 g/mol. The van der Waals surface area contributed by atoms with Crippen molar-refractivity contribution in [1.82, 2.24) is 0 Å². The first-order chi connectivity index (χ1) is 11.9. The van der Waals surface area contributed by atoms with Crippen LogP contribution in [0.1, 0.15) is 23.6 Å². The van der Waals surface area contributed by atoms with Crippen molar-refractivity contribution in [3.63, 3.8) is 0 Å². The van der Waals surface area contributed by atoms with Crippen LogP contribution in [0.25, 0.3) is 0 Å². The first kappa shape index (κ1) is 18.8. The second-order valence-corrected chi connectivity index (χ2v) is 6.34. The molecule has 1 amide bonds. The molecule has 0 radical (unpaired) electrons. The zero-order chi connectivity index (χ0) is 18.4. The molecule has 5 nitrogen and oxygen atoms in total. The molecule has 2 aromatic carbocycles. The predicted molar refractivity (Wildman–Crippen MR) is 100 cm³/mol. The third kappa shape index (κ3) is 4.97. The van der Waals surface area contributed by atoms with Crippen LogP contribution in [0.3, 0.4) is 0 Å². The van der Waals surface area contributed by atoms with Crippen molar-refractivity contribution >= 4 is 27.5 Å². The number of ether oxygens (including phenoxy) is 2. The van der Waals surface area contributed by atoms with E-state index in [1.54, 1.807) is 12.1 Å². The Morgan fingerprint density at radius 3 is 2.68 bits per heavy atom.